The maximum Gasteiger partial charge on any atom is 0.240 e. The number of pyridine rings is 1. The molecule has 0 saturated heterocycles. The fourth-order valence-electron chi connectivity index (χ4n) is 1.89. The number of aryl methyl sites for hydroxylation is 1. The molecule has 0 amide bonds. The van der Waals surface area contributed by atoms with E-state index < -0.39 is 10.0 Å². The fraction of sp³-hybridized carbons (Fsp3) is 0.267. The second-order valence-electron chi connectivity index (χ2n) is 4.58. The van der Waals surface area contributed by atoms with E-state index in [4.69, 9.17) is 0 Å². The zero-order valence-corrected chi connectivity index (χ0v) is 12.2. The molecule has 0 spiro atoms. The van der Waals surface area contributed by atoms with Gasteiger partial charge in [0.1, 0.15) is 0 Å². The highest BCUT2D eigenvalue weighted by Crippen LogP contribution is 2.12. The third-order valence-electron chi connectivity index (χ3n) is 2.96. The fourth-order valence-corrected chi connectivity index (χ4v) is 2.91. The Morgan fingerprint density at radius 3 is 2.45 bits per heavy atom. The first kappa shape index (κ1) is 14.7. The number of nitrogens with one attached hydrogen (secondary N) is 1. The van der Waals surface area contributed by atoms with Gasteiger partial charge in [-0.1, -0.05) is 31.5 Å². The molecule has 0 aliphatic carbocycles. The summed E-state index contributed by atoms with van der Waals surface area (Å²) in [5.74, 6) is 0. The lowest BCUT2D eigenvalue weighted by Crippen LogP contribution is -2.23. The van der Waals surface area contributed by atoms with Crippen molar-refractivity contribution < 1.29 is 8.42 Å². The number of nitrogens with zero attached hydrogens (tertiary/aromatic N) is 1. The summed E-state index contributed by atoms with van der Waals surface area (Å²) in [6, 6.07) is 10.6. The summed E-state index contributed by atoms with van der Waals surface area (Å²) in [6.45, 7) is 2.34. The molecule has 0 saturated carbocycles. The molecular weight excluding hydrogens is 272 g/mol. The van der Waals surface area contributed by atoms with Crippen LogP contribution < -0.4 is 4.72 Å². The van der Waals surface area contributed by atoms with Crippen LogP contribution in [0.15, 0.2) is 53.7 Å². The van der Waals surface area contributed by atoms with Crippen LogP contribution in [0, 0.1) is 0 Å². The van der Waals surface area contributed by atoms with Gasteiger partial charge in [0, 0.05) is 18.9 Å². The van der Waals surface area contributed by atoms with Crippen LogP contribution in [0.25, 0.3) is 0 Å². The smallest absolute Gasteiger partial charge is 0.240 e. The summed E-state index contributed by atoms with van der Waals surface area (Å²) in [4.78, 5) is 4.25. The summed E-state index contributed by atoms with van der Waals surface area (Å²) >= 11 is 0. The molecule has 0 fully saturated rings. The Labute approximate surface area is 119 Å². The van der Waals surface area contributed by atoms with E-state index in [0.717, 1.165) is 24.0 Å². The molecular formula is C15H18N2O2S. The van der Waals surface area contributed by atoms with Crippen LogP contribution in [0.1, 0.15) is 24.5 Å². The standard InChI is InChI=1S/C15H18N2O2S/c1-2-4-13-6-8-15(9-7-13)20(18,19)17-12-14-5-3-10-16-11-14/h3,5-11,17H,2,4,12H2,1H3. The van der Waals surface area contributed by atoms with Gasteiger partial charge in [0.25, 0.3) is 0 Å². The minimum Gasteiger partial charge on any atom is -0.264 e. The van der Waals surface area contributed by atoms with Crippen LogP contribution in [0.2, 0.25) is 0 Å². The van der Waals surface area contributed by atoms with E-state index in [1.54, 1.807) is 30.6 Å². The molecule has 0 aliphatic rings. The molecule has 4 nitrogen and oxygen atoms in total. The van der Waals surface area contributed by atoms with Gasteiger partial charge in [0.2, 0.25) is 10.0 Å². The van der Waals surface area contributed by atoms with E-state index in [2.05, 4.69) is 16.6 Å². The second kappa shape index (κ2) is 6.63. The number of aromatic nitrogens is 1. The number of rotatable bonds is 6. The predicted octanol–water partition coefficient (Wildman–Crippen LogP) is 2.51. The molecule has 2 rings (SSSR count). The van der Waals surface area contributed by atoms with Gasteiger partial charge >= 0.3 is 0 Å². The molecule has 0 atom stereocenters. The first-order valence-electron chi connectivity index (χ1n) is 6.59. The molecule has 20 heavy (non-hydrogen) atoms. The molecule has 0 aliphatic heterocycles. The molecule has 0 bridgehead atoms. The topological polar surface area (TPSA) is 59.1 Å². The lowest BCUT2D eigenvalue weighted by Gasteiger charge is -2.07. The van der Waals surface area contributed by atoms with Gasteiger partial charge in [-0.3, -0.25) is 4.98 Å². The van der Waals surface area contributed by atoms with Crippen molar-refractivity contribution in [2.24, 2.45) is 0 Å². The maximum absolute atomic E-state index is 12.1. The Kier molecular flexibility index (Phi) is 4.87. The molecule has 2 aromatic rings. The SMILES string of the molecule is CCCc1ccc(S(=O)(=O)NCc2cccnc2)cc1. The number of benzene rings is 1. The van der Waals surface area contributed by atoms with E-state index in [0.29, 0.717) is 4.90 Å². The third-order valence-corrected chi connectivity index (χ3v) is 4.38. The number of sulfonamides is 1. The summed E-state index contributed by atoms with van der Waals surface area (Å²) in [5.41, 5.74) is 1.98. The average Bonchev–Trinajstić information content (AvgIpc) is 2.47. The van der Waals surface area contributed by atoms with Crippen LogP contribution in [-0.4, -0.2) is 13.4 Å². The summed E-state index contributed by atoms with van der Waals surface area (Å²) in [6.07, 6.45) is 5.31. The average molecular weight is 290 g/mol. The number of hydrogen-bond acceptors (Lipinski definition) is 3. The van der Waals surface area contributed by atoms with Crippen molar-refractivity contribution in [3.63, 3.8) is 0 Å². The maximum atomic E-state index is 12.1. The molecule has 1 aromatic heterocycles. The zero-order chi connectivity index (χ0) is 14.4. The lowest BCUT2D eigenvalue weighted by molar-refractivity contribution is 0.581. The van der Waals surface area contributed by atoms with Crippen LogP contribution in [0.5, 0.6) is 0 Å². The van der Waals surface area contributed by atoms with E-state index in [1.165, 1.54) is 0 Å². The monoisotopic (exact) mass is 290 g/mol. The molecule has 5 heteroatoms. The van der Waals surface area contributed by atoms with E-state index in [-0.39, 0.29) is 6.54 Å². The minimum atomic E-state index is -3.47. The highest BCUT2D eigenvalue weighted by molar-refractivity contribution is 7.89. The van der Waals surface area contributed by atoms with E-state index in [1.807, 2.05) is 18.2 Å². The molecule has 1 heterocycles. The van der Waals surface area contributed by atoms with Crippen molar-refractivity contribution in [3.8, 4) is 0 Å². The van der Waals surface area contributed by atoms with Gasteiger partial charge in [-0.2, -0.15) is 0 Å². The quantitative estimate of drug-likeness (QED) is 0.889. The summed E-state index contributed by atoms with van der Waals surface area (Å²) in [7, 11) is -3.47. The van der Waals surface area contributed by atoms with Crippen molar-refractivity contribution >= 4 is 10.0 Å². The highest BCUT2D eigenvalue weighted by atomic mass is 32.2. The van der Waals surface area contributed by atoms with Crippen LogP contribution in [-0.2, 0) is 23.0 Å². The van der Waals surface area contributed by atoms with Gasteiger partial charge in [-0.05, 0) is 35.7 Å². The largest absolute Gasteiger partial charge is 0.264 e. The molecule has 0 radical (unpaired) electrons. The Hall–Kier alpha value is -1.72. The molecule has 1 aromatic carbocycles. The van der Waals surface area contributed by atoms with Gasteiger partial charge in [-0.25, -0.2) is 13.1 Å². The second-order valence-corrected chi connectivity index (χ2v) is 6.35. The van der Waals surface area contributed by atoms with Gasteiger partial charge in [0.05, 0.1) is 4.90 Å². The lowest BCUT2D eigenvalue weighted by atomic mass is 10.1. The van der Waals surface area contributed by atoms with Gasteiger partial charge in [0.15, 0.2) is 0 Å². The van der Waals surface area contributed by atoms with Crippen LogP contribution in [0.4, 0.5) is 0 Å². The first-order valence-corrected chi connectivity index (χ1v) is 8.07. The normalized spacial score (nSPS) is 11.4. The van der Waals surface area contributed by atoms with Crippen molar-refractivity contribution in [2.45, 2.75) is 31.2 Å². The van der Waals surface area contributed by atoms with Crippen molar-refractivity contribution in [1.82, 2.24) is 9.71 Å². The number of hydrogen-bond donors (Lipinski definition) is 1. The summed E-state index contributed by atoms with van der Waals surface area (Å²) in [5, 5.41) is 0. The Bertz CT molecular complexity index is 637. The Morgan fingerprint density at radius 1 is 1.10 bits per heavy atom. The highest BCUT2D eigenvalue weighted by Gasteiger charge is 2.13. The van der Waals surface area contributed by atoms with Crippen molar-refractivity contribution in [1.29, 1.82) is 0 Å². The van der Waals surface area contributed by atoms with E-state index in [9.17, 15) is 8.42 Å². The molecule has 0 unspecified atom stereocenters. The van der Waals surface area contributed by atoms with Crippen molar-refractivity contribution in [2.75, 3.05) is 0 Å². The third kappa shape index (κ3) is 3.88. The van der Waals surface area contributed by atoms with Crippen molar-refractivity contribution in [3.05, 3.63) is 59.9 Å². The predicted molar refractivity (Wildman–Crippen MR) is 78.7 cm³/mol. The Morgan fingerprint density at radius 2 is 1.85 bits per heavy atom. The van der Waals surface area contributed by atoms with Gasteiger partial charge < -0.3 is 0 Å². The van der Waals surface area contributed by atoms with Crippen LogP contribution in [0.3, 0.4) is 0 Å². The zero-order valence-electron chi connectivity index (χ0n) is 11.4. The molecule has 106 valence electrons. The van der Waals surface area contributed by atoms with Gasteiger partial charge in [-0.15, -0.1) is 0 Å². The minimum absolute atomic E-state index is 0.243. The van der Waals surface area contributed by atoms with Crippen LogP contribution >= 0.6 is 0 Å². The molecule has 1 N–H and O–H groups in total. The van der Waals surface area contributed by atoms with E-state index >= 15 is 0 Å². The Balaban J connectivity index is 2.06. The first-order chi connectivity index (χ1) is 9.62. The summed E-state index contributed by atoms with van der Waals surface area (Å²) < 4.78 is 26.9.